The van der Waals surface area contributed by atoms with Crippen molar-refractivity contribution in [3.8, 4) is 0 Å². The molecule has 0 aromatic carbocycles. The fourth-order valence-electron chi connectivity index (χ4n) is 2.02. The van der Waals surface area contributed by atoms with E-state index < -0.39 is 0 Å². The topological polar surface area (TPSA) is 55.9 Å². The minimum absolute atomic E-state index is 0.0647. The molecular weight excluding hydrogens is 303 g/mol. The van der Waals surface area contributed by atoms with Gasteiger partial charge in [-0.2, -0.15) is 5.10 Å². The molecule has 0 radical (unpaired) electrons. The third kappa shape index (κ3) is 2.95. The van der Waals surface area contributed by atoms with Gasteiger partial charge in [0.25, 0.3) is 0 Å². The van der Waals surface area contributed by atoms with Crippen LogP contribution in [-0.2, 0) is 19.9 Å². The molecule has 0 amide bonds. The Hall–Kier alpha value is -0.590. The smallest absolute Gasteiger partial charge is 0.0850 e. The zero-order chi connectivity index (χ0) is 14.0. The van der Waals surface area contributed by atoms with Gasteiger partial charge in [0.15, 0.2) is 0 Å². The van der Waals surface area contributed by atoms with Gasteiger partial charge in [-0.25, -0.2) is 0 Å². The van der Waals surface area contributed by atoms with Crippen molar-refractivity contribution in [2.24, 2.45) is 12.9 Å². The summed E-state index contributed by atoms with van der Waals surface area (Å²) in [5.41, 5.74) is 4.67. The van der Waals surface area contributed by atoms with E-state index in [4.69, 9.17) is 29.0 Å². The SMILES string of the molecule is CCc1nn(C)c(CC(NN)c2sccc2Cl)c1Cl. The summed E-state index contributed by atoms with van der Waals surface area (Å²) in [4.78, 5) is 1.01. The molecule has 0 aliphatic rings. The van der Waals surface area contributed by atoms with Gasteiger partial charge in [-0.3, -0.25) is 16.0 Å². The number of rotatable bonds is 5. The summed E-state index contributed by atoms with van der Waals surface area (Å²) in [6, 6.07) is 1.80. The predicted octanol–water partition coefficient (Wildman–Crippen LogP) is 3.10. The molecule has 4 nitrogen and oxygen atoms in total. The van der Waals surface area contributed by atoms with Gasteiger partial charge in [0.05, 0.1) is 27.5 Å². The minimum atomic E-state index is -0.0647. The van der Waals surface area contributed by atoms with E-state index in [0.29, 0.717) is 6.42 Å². The van der Waals surface area contributed by atoms with Gasteiger partial charge in [0, 0.05) is 18.3 Å². The van der Waals surface area contributed by atoms with Gasteiger partial charge < -0.3 is 0 Å². The summed E-state index contributed by atoms with van der Waals surface area (Å²) < 4.78 is 1.81. The summed E-state index contributed by atoms with van der Waals surface area (Å²) in [5.74, 6) is 5.65. The molecule has 0 bridgehead atoms. The average molecular weight is 319 g/mol. The second-order valence-electron chi connectivity index (χ2n) is 4.24. The third-order valence-electron chi connectivity index (χ3n) is 3.06. The summed E-state index contributed by atoms with van der Waals surface area (Å²) in [6.07, 6.45) is 1.46. The molecule has 2 aromatic rings. The molecule has 1 unspecified atom stereocenters. The molecule has 2 heterocycles. The Labute approximate surface area is 126 Å². The Kier molecular flexibility index (Phi) is 4.86. The van der Waals surface area contributed by atoms with Crippen LogP contribution in [0.3, 0.4) is 0 Å². The second-order valence-corrected chi connectivity index (χ2v) is 5.97. The number of hydrazine groups is 1. The highest BCUT2D eigenvalue weighted by molar-refractivity contribution is 7.10. The maximum atomic E-state index is 6.35. The molecule has 0 saturated carbocycles. The summed E-state index contributed by atoms with van der Waals surface area (Å²) in [6.45, 7) is 2.03. The van der Waals surface area contributed by atoms with E-state index in [1.54, 1.807) is 11.3 Å². The molecule has 0 aliphatic heterocycles. The lowest BCUT2D eigenvalue weighted by Gasteiger charge is -2.15. The van der Waals surface area contributed by atoms with Gasteiger partial charge in [-0.15, -0.1) is 11.3 Å². The van der Waals surface area contributed by atoms with Crippen LogP contribution in [0.1, 0.15) is 29.2 Å². The van der Waals surface area contributed by atoms with E-state index in [9.17, 15) is 0 Å². The maximum absolute atomic E-state index is 6.35. The number of halogens is 2. The Morgan fingerprint density at radius 1 is 1.53 bits per heavy atom. The van der Waals surface area contributed by atoms with Crippen molar-refractivity contribution in [2.45, 2.75) is 25.8 Å². The van der Waals surface area contributed by atoms with Crippen molar-refractivity contribution in [2.75, 3.05) is 0 Å². The average Bonchev–Trinajstić information content (AvgIpc) is 2.93. The van der Waals surface area contributed by atoms with Crippen molar-refractivity contribution < 1.29 is 0 Å². The molecule has 2 aromatic heterocycles. The molecule has 0 saturated heterocycles. The number of nitrogens with two attached hydrogens (primary N) is 1. The normalized spacial score (nSPS) is 12.9. The van der Waals surface area contributed by atoms with Gasteiger partial charge in [-0.1, -0.05) is 30.1 Å². The van der Waals surface area contributed by atoms with Gasteiger partial charge in [0.1, 0.15) is 0 Å². The zero-order valence-electron chi connectivity index (χ0n) is 10.8. The van der Waals surface area contributed by atoms with Gasteiger partial charge >= 0.3 is 0 Å². The first-order chi connectivity index (χ1) is 9.08. The predicted molar refractivity (Wildman–Crippen MR) is 80.7 cm³/mol. The number of nitrogens with zero attached hydrogens (tertiary/aromatic N) is 2. The number of nitrogens with one attached hydrogen (secondary N) is 1. The number of hydrogen-bond donors (Lipinski definition) is 2. The molecular formula is C12H16Cl2N4S. The van der Waals surface area contributed by atoms with Crippen molar-refractivity contribution in [1.29, 1.82) is 0 Å². The van der Waals surface area contributed by atoms with E-state index in [2.05, 4.69) is 10.5 Å². The maximum Gasteiger partial charge on any atom is 0.0850 e. The van der Waals surface area contributed by atoms with Crippen LogP contribution in [0.15, 0.2) is 11.4 Å². The number of aryl methyl sites for hydroxylation is 2. The second kappa shape index (κ2) is 6.24. The van der Waals surface area contributed by atoms with Crippen LogP contribution in [0, 0.1) is 0 Å². The van der Waals surface area contributed by atoms with E-state index in [1.165, 1.54) is 0 Å². The highest BCUT2D eigenvalue weighted by Crippen LogP contribution is 2.32. The monoisotopic (exact) mass is 318 g/mol. The fraction of sp³-hybridized carbons (Fsp3) is 0.417. The highest BCUT2D eigenvalue weighted by Gasteiger charge is 2.21. The highest BCUT2D eigenvalue weighted by atomic mass is 35.5. The van der Waals surface area contributed by atoms with E-state index >= 15 is 0 Å². The summed E-state index contributed by atoms with van der Waals surface area (Å²) in [7, 11) is 1.89. The third-order valence-corrected chi connectivity index (χ3v) is 4.97. The van der Waals surface area contributed by atoms with Crippen molar-refractivity contribution in [3.63, 3.8) is 0 Å². The first-order valence-corrected chi connectivity index (χ1v) is 7.61. The molecule has 0 fully saturated rings. The standard InChI is InChI=1S/C12H16Cl2N4S/c1-3-8-11(14)10(18(2)17-8)6-9(16-15)12-7(13)4-5-19-12/h4-5,9,16H,3,6,15H2,1-2H3. The summed E-state index contributed by atoms with van der Waals surface area (Å²) in [5, 5.41) is 7.80. The van der Waals surface area contributed by atoms with Crippen LogP contribution in [0.4, 0.5) is 0 Å². The van der Waals surface area contributed by atoms with Gasteiger partial charge in [0.2, 0.25) is 0 Å². The fourth-order valence-corrected chi connectivity index (χ4v) is 3.64. The number of hydrogen-bond acceptors (Lipinski definition) is 4. The lowest BCUT2D eigenvalue weighted by atomic mass is 10.1. The lowest BCUT2D eigenvalue weighted by Crippen LogP contribution is -2.29. The van der Waals surface area contributed by atoms with Crippen LogP contribution in [-0.4, -0.2) is 9.78 Å². The number of thiophene rings is 1. The Morgan fingerprint density at radius 3 is 2.74 bits per heavy atom. The molecule has 2 rings (SSSR count). The molecule has 0 aliphatic carbocycles. The van der Waals surface area contributed by atoms with Crippen LogP contribution in [0.25, 0.3) is 0 Å². The number of aromatic nitrogens is 2. The largest absolute Gasteiger partial charge is 0.271 e. The van der Waals surface area contributed by atoms with Crippen molar-refractivity contribution in [1.82, 2.24) is 15.2 Å². The quantitative estimate of drug-likeness (QED) is 0.658. The van der Waals surface area contributed by atoms with Gasteiger partial charge in [-0.05, 0) is 17.9 Å². The van der Waals surface area contributed by atoms with E-state index in [1.807, 2.05) is 30.1 Å². The summed E-state index contributed by atoms with van der Waals surface area (Å²) >= 11 is 14.1. The van der Waals surface area contributed by atoms with E-state index in [-0.39, 0.29) is 6.04 Å². The van der Waals surface area contributed by atoms with E-state index in [0.717, 1.165) is 32.7 Å². The molecule has 19 heavy (non-hydrogen) atoms. The van der Waals surface area contributed by atoms with Crippen LogP contribution in [0.5, 0.6) is 0 Å². The Bertz CT molecular complexity index is 564. The minimum Gasteiger partial charge on any atom is -0.271 e. The van der Waals surface area contributed by atoms with Crippen molar-refractivity contribution in [3.05, 3.63) is 37.8 Å². The van der Waals surface area contributed by atoms with Crippen molar-refractivity contribution >= 4 is 34.5 Å². The Balaban J connectivity index is 2.29. The molecule has 104 valence electrons. The first-order valence-electron chi connectivity index (χ1n) is 5.97. The van der Waals surface area contributed by atoms with Crippen LogP contribution >= 0.6 is 34.5 Å². The molecule has 3 N–H and O–H groups in total. The Morgan fingerprint density at radius 2 is 2.26 bits per heavy atom. The molecule has 7 heteroatoms. The first kappa shape index (κ1) is 14.8. The zero-order valence-corrected chi connectivity index (χ0v) is 13.1. The molecule has 0 spiro atoms. The molecule has 1 atom stereocenters. The lowest BCUT2D eigenvalue weighted by molar-refractivity contribution is 0.537. The van der Waals surface area contributed by atoms with Crippen LogP contribution in [0.2, 0.25) is 10.0 Å². The van der Waals surface area contributed by atoms with Crippen LogP contribution < -0.4 is 11.3 Å².